The van der Waals surface area contributed by atoms with Crippen LogP contribution in [0, 0.1) is 6.92 Å². The van der Waals surface area contributed by atoms with Gasteiger partial charge in [-0.3, -0.25) is 0 Å². The molecule has 0 bridgehead atoms. The van der Waals surface area contributed by atoms with Gasteiger partial charge in [0.2, 0.25) is 0 Å². The molecular weight excluding hydrogens is 312 g/mol. The summed E-state index contributed by atoms with van der Waals surface area (Å²) in [6.45, 7) is 1.92. The standard InChI is InChI=1S/C16H15ClN6/c1-10-5-4-8-13(21-10)23-16-14(18)15(19-9-20-16)22-12-7-3-2-6-11(12)17/h2-9H,18H2,1H3,(H2,19,20,21,22,23). The van der Waals surface area contributed by atoms with Gasteiger partial charge in [-0.15, -0.1) is 0 Å². The van der Waals surface area contributed by atoms with Crippen molar-refractivity contribution < 1.29 is 0 Å². The SMILES string of the molecule is Cc1cccc(Nc2ncnc(Nc3ccccc3Cl)c2N)n1. The number of rotatable bonds is 4. The Morgan fingerprint density at radius 2 is 1.70 bits per heavy atom. The van der Waals surface area contributed by atoms with Crippen molar-refractivity contribution in [2.75, 3.05) is 16.4 Å². The predicted octanol–water partition coefficient (Wildman–Crippen LogP) is 3.90. The van der Waals surface area contributed by atoms with Gasteiger partial charge in [-0.25, -0.2) is 15.0 Å². The third-order valence-electron chi connectivity index (χ3n) is 3.15. The van der Waals surface area contributed by atoms with Gasteiger partial charge in [0.15, 0.2) is 11.6 Å². The van der Waals surface area contributed by atoms with Gasteiger partial charge in [0.25, 0.3) is 0 Å². The van der Waals surface area contributed by atoms with Gasteiger partial charge in [-0.1, -0.05) is 29.8 Å². The fraction of sp³-hybridized carbons (Fsp3) is 0.0625. The Morgan fingerprint density at radius 3 is 2.43 bits per heavy atom. The number of pyridine rings is 1. The molecule has 3 aromatic rings. The molecule has 0 unspecified atom stereocenters. The molecule has 23 heavy (non-hydrogen) atoms. The lowest BCUT2D eigenvalue weighted by atomic mass is 10.3. The summed E-state index contributed by atoms with van der Waals surface area (Å²) in [5.74, 6) is 1.62. The Hall–Kier alpha value is -2.86. The summed E-state index contributed by atoms with van der Waals surface area (Å²) in [6.07, 6.45) is 1.42. The van der Waals surface area contributed by atoms with Crippen molar-refractivity contribution >= 4 is 40.4 Å². The minimum Gasteiger partial charge on any atom is -0.393 e. The first kappa shape index (κ1) is 15.1. The van der Waals surface area contributed by atoms with E-state index >= 15 is 0 Å². The predicted molar refractivity (Wildman–Crippen MR) is 93.4 cm³/mol. The van der Waals surface area contributed by atoms with Crippen molar-refractivity contribution in [2.24, 2.45) is 0 Å². The topological polar surface area (TPSA) is 88.8 Å². The molecule has 4 N–H and O–H groups in total. The van der Waals surface area contributed by atoms with Gasteiger partial charge in [-0.05, 0) is 31.2 Å². The molecule has 0 atom stereocenters. The molecule has 6 nitrogen and oxygen atoms in total. The number of halogens is 1. The molecule has 0 aliphatic carbocycles. The van der Waals surface area contributed by atoms with Gasteiger partial charge in [-0.2, -0.15) is 0 Å². The molecule has 0 aliphatic heterocycles. The van der Waals surface area contributed by atoms with E-state index in [1.54, 1.807) is 6.07 Å². The number of nitrogens with two attached hydrogens (primary N) is 1. The summed E-state index contributed by atoms with van der Waals surface area (Å²) in [7, 11) is 0. The van der Waals surface area contributed by atoms with Crippen LogP contribution in [-0.2, 0) is 0 Å². The molecule has 0 spiro atoms. The van der Waals surface area contributed by atoms with E-state index < -0.39 is 0 Å². The average Bonchev–Trinajstić information content (AvgIpc) is 2.53. The summed E-state index contributed by atoms with van der Waals surface area (Å²) in [4.78, 5) is 12.7. The van der Waals surface area contributed by atoms with Crippen molar-refractivity contribution in [3.8, 4) is 0 Å². The largest absolute Gasteiger partial charge is 0.393 e. The van der Waals surface area contributed by atoms with Crippen molar-refractivity contribution in [1.29, 1.82) is 0 Å². The Bertz CT molecular complexity index is 836. The van der Waals surface area contributed by atoms with Gasteiger partial charge < -0.3 is 16.4 Å². The Morgan fingerprint density at radius 1 is 0.957 bits per heavy atom. The van der Waals surface area contributed by atoms with Crippen LogP contribution in [-0.4, -0.2) is 15.0 Å². The molecule has 0 saturated carbocycles. The van der Waals surface area contributed by atoms with Crippen LogP contribution in [0.15, 0.2) is 48.8 Å². The molecule has 0 aliphatic rings. The number of benzene rings is 1. The first-order valence-electron chi connectivity index (χ1n) is 6.96. The summed E-state index contributed by atoms with van der Waals surface area (Å²) >= 11 is 6.14. The van der Waals surface area contributed by atoms with Gasteiger partial charge in [0.05, 0.1) is 10.7 Å². The minimum absolute atomic E-state index is 0.385. The lowest BCUT2D eigenvalue weighted by molar-refractivity contribution is 1.15. The second kappa shape index (κ2) is 6.50. The molecule has 7 heteroatoms. The molecule has 116 valence electrons. The second-order valence-electron chi connectivity index (χ2n) is 4.88. The smallest absolute Gasteiger partial charge is 0.160 e. The van der Waals surface area contributed by atoms with E-state index in [0.29, 0.717) is 28.2 Å². The number of nitrogens with zero attached hydrogens (tertiary/aromatic N) is 3. The van der Waals surface area contributed by atoms with E-state index in [0.717, 1.165) is 11.4 Å². The maximum Gasteiger partial charge on any atom is 0.160 e. The van der Waals surface area contributed by atoms with Gasteiger partial charge >= 0.3 is 0 Å². The quantitative estimate of drug-likeness (QED) is 0.673. The normalized spacial score (nSPS) is 10.3. The highest BCUT2D eigenvalue weighted by Crippen LogP contribution is 2.30. The molecule has 3 rings (SSSR count). The zero-order chi connectivity index (χ0) is 16.2. The number of anilines is 5. The van der Waals surface area contributed by atoms with Crippen LogP contribution in [0.4, 0.5) is 28.8 Å². The van der Waals surface area contributed by atoms with Gasteiger partial charge in [0.1, 0.15) is 17.8 Å². The van der Waals surface area contributed by atoms with E-state index in [4.69, 9.17) is 17.3 Å². The highest BCUT2D eigenvalue weighted by Gasteiger charge is 2.10. The average molecular weight is 327 g/mol. The van der Waals surface area contributed by atoms with Crippen molar-refractivity contribution in [3.05, 3.63) is 59.5 Å². The second-order valence-corrected chi connectivity index (χ2v) is 5.29. The fourth-order valence-electron chi connectivity index (χ4n) is 2.02. The number of nitrogens with one attached hydrogen (secondary N) is 2. The fourth-order valence-corrected chi connectivity index (χ4v) is 2.20. The van der Waals surface area contributed by atoms with Crippen LogP contribution < -0.4 is 16.4 Å². The number of para-hydroxylation sites is 1. The van der Waals surface area contributed by atoms with E-state index in [1.807, 2.05) is 43.3 Å². The Balaban J connectivity index is 1.88. The number of aromatic nitrogens is 3. The summed E-state index contributed by atoms with van der Waals surface area (Å²) < 4.78 is 0. The minimum atomic E-state index is 0.385. The molecule has 0 radical (unpaired) electrons. The van der Waals surface area contributed by atoms with Crippen molar-refractivity contribution in [3.63, 3.8) is 0 Å². The third-order valence-corrected chi connectivity index (χ3v) is 3.48. The molecule has 0 fully saturated rings. The number of nitrogen functional groups attached to an aromatic ring is 1. The van der Waals surface area contributed by atoms with Crippen LogP contribution >= 0.6 is 11.6 Å². The monoisotopic (exact) mass is 326 g/mol. The summed E-state index contributed by atoms with van der Waals surface area (Å²) in [6, 6.07) is 13.0. The van der Waals surface area contributed by atoms with Crippen molar-refractivity contribution in [1.82, 2.24) is 15.0 Å². The lowest BCUT2D eigenvalue weighted by Gasteiger charge is -2.13. The number of hydrogen-bond acceptors (Lipinski definition) is 6. The van der Waals surface area contributed by atoms with Crippen LogP contribution in [0.3, 0.4) is 0 Å². The van der Waals surface area contributed by atoms with E-state index in [9.17, 15) is 0 Å². The molecule has 1 aromatic carbocycles. The lowest BCUT2D eigenvalue weighted by Crippen LogP contribution is -2.06. The molecule has 2 heterocycles. The zero-order valence-electron chi connectivity index (χ0n) is 12.4. The summed E-state index contributed by atoms with van der Waals surface area (Å²) in [5.41, 5.74) is 8.15. The highest BCUT2D eigenvalue weighted by molar-refractivity contribution is 6.33. The molecule has 2 aromatic heterocycles. The Kier molecular flexibility index (Phi) is 4.25. The van der Waals surface area contributed by atoms with E-state index in [-0.39, 0.29) is 0 Å². The third kappa shape index (κ3) is 3.49. The first-order chi connectivity index (χ1) is 11.1. The zero-order valence-corrected chi connectivity index (χ0v) is 13.2. The Labute approximate surface area is 138 Å². The van der Waals surface area contributed by atoms with Crippen LogP contribution in [0.2, 0.25) is 5.02 Å². The maximum absolute atomic E-state index is 6.15. The number of hydrogen-bond donors (Lipinski definition) is 3. The first-order valence-corrected chi connectivity index (χ1v) is 7.34. The van der Waals surface area contributed by atoms with Gasteiger partial charge in [0, 0.05) is 5.69 Å². The van der Waals surface area contributed by atoms with Crippen LogP contribution in [0.1, 0.15) is 5.69 Å². The molecule has 0 saturated heterocycles. The highest BCUT2D eigenvalue weighted by atomic mass is 35.5. The van der Waals surface area contributed by atoms with Crippen LogP contribution in [0.5, 0.6) is 0 Å². The van der Waals surface area contributed by atoms with Crippen molar-refractivity contribution in [2.45, 2.75) is 6.92 Å². The maximum atomic E-state index is 6.15. The number of aryl methyl sites for hydroxylation is 1. The molecular formula is C16H15ClN6. The van der Waals surface area contributed by atoms with E-state index in [2.05, 4.69) is 25.6 Å². The molecule has 0 amide bonds. The summed E-state index contributed by atoms with van der Waals surface area (Å²) in [5, 5.41) is 6.79. The van der Waals surface area contributed by atoms with E-state index in [1.165, 1.54) is 6.33 Å². The van der Waals surface area contributed by atoms with Crippen LogP contribution in [0.25, 0.3) is 0 Å².